The highest BCUT2D eigenvalue weighted by Crippen LogP contribution is 2.35. The fourth-order valence-electron chi connectivity index (χ4n) is 3.55. The average Bonchev–Trinajstić information content (AvgIpc) is 2.83. The topological polar surface area (TPSA) is 81.1 Å². The Balaban J connectivity index is 1.73. The maximum atomic E-state index is 13.4. The molecule has 0 aliphatic rings. The molecule has 1 N–H and O–H groups in total. The van der Waals surface area contributed by atoms with E-state index in [0.29, 0.717) is 33.9 Å². The number of nitrogens with one attached hydrogen (secondary N) is 1. The van der Waals surface area contributed by atoms with Gasteiger partial charge in [-0.05, 0) is 43.7 Å². The molecular weight excluding hydrogens is 434 g/mol. The number of benzene rings is 3. The van der Waals surface area contributed by atoms with Crippen molar-refractivity contribution in [1.82, 2.24) is 9.55 Å². The lowest BCUT2D eigenvalue weighted by Gasteiger charge is -2.19. The largest absolute Gasteiger partial charge is 0.325 e. The molecule has 33 heavy (non-hydrogen) atoms. The number of hydrogen-bond acceptors (Lipinski definition) is 5. The van der Waals surface area contributed by atoms with Crippen molar-refractivity contribution in [2.24, 2.45) is 0 Å². The number of carbonyl (C=O) groups is 2. The van der Waals surface area contributed by atoms with Crippen LogP contribution in [0.1, 0.15) is 35.0 Å². The summed E-state index contributed by atoms with van der Waals surface area (Å²) in [5.74, 6) is -0.343. The molecule has 7 heteroatoms. The summed E-state index contributed by atoms with van der Waals surface area (Å²) in [5, 5.41) is 3.28. The Morgan fingerprint density at radius 1 is 1.00 bits per heavy atom. The highest BCUT2D eigenvalue weighted by Gasteiger charge is 2.25. The van der Waals surface area contributed by atoms with Gasteiger partial charge in [0.15, 0.2) is 10.9 Å². The second-order valence-electron chi connectivity index (χ2n) is 7.50. The first kappa shape index (κ1) is 22.5. The third-order valence-corrected chi connectivity index (χ3v) is 6.49. The van der Waals surface area contributed by atoms with Gasteiger partial charge in [0.2, 0.25) is 5.91 Å². The number of nitrogens with zero attached hydrogens (tertiary/aromatic N) is 2. The molecule has 0 saturated heterocycles. The predicted molar refractivity (Wildman–Crippen MR) is 132 cm³/mol. The first-order valence-electron chi connectivity index (χ1n) is 10.6. The standard InChI is InChI=1S/C26H23N3O3S/c1-3-29-25(32)21-14-7-8-15-22(21)28-26(29)33-23(18-10-5-4-6-11-18)24(31)27-20-13-9-12-19(16-20)17(2)30/h4-16,23H,3H2,1-2H3,(H,27,31). The van der Waals surface area contributed by atoms with Crippen LogP contribution >= 0.6 is 11.8 Å². The zero-order valence-electron chi connectivity index (χ0n) is 18.3. The Morgan fingerprint density at radius 3 is 2.45 bits per heavy atom. The molecule has 0 aliphatic heterocycles. The molecule has 1 atom stereocenters. The summed E-state index contributed by atoms with van der Waals surface area (Å²) in [6, 6.07) is 23.4. The number of thioether (sulfide) groups is 1. The number of ketones is 1. The lowest BCUT2D eigenvalue weighted by atomic mass is 10.1. The summed E-state index contributed by atoms with van der Waals surface area (Å²) in [5.41, 5.74) is 2.30. The van der Waals surface area contributed by atoms with Crippen LogP contribution in [-0.2, 0) is 11.3 Å². The number of fused-ring (bicyclic) bond motifs is 1. The molecule has 0 saturated carbocycles. The van der Waals surface area contributed by atoms with E-state index in [2.05, 4.69) is 5.32 Å². The fraction of sp³-hybridized carbons (Fsp3) is 0.154. The number of amides is 1. The molecule has 4 aromatic rings. The van der Waals surface area contributed by atoms with Crippen LogP contribution < -0.4 is 10.9 Å². The molecule has 3 aromatic carbocycles. The van der Waals surface area contributed by atoms with E-state index in [9.17, 15) is 14.4 Å². The summed E-state index contributed by atoms with van der Waals surface area (Å²) >= 11 is 1.23. The number of hydrogen-bond donors (Lipinski definition) is 1. The summed E-state index contributed by atoms with van der Waals surface area (Å²) < 4.78 is 1.59. The van der Waals surface area contributed by atoms with Gasteiger partial charge in [0.1, 0.15) is 5.25 Å². The minimum Gasteiger partial charge on any atom is -0.325 e. The second-order valence-corrected chi connectivity index (χ2v) is 8.57. The lowest BCUT2D eigenvalue weighted by Crippen LogP contribution is -2.25. The highest BCUT2D eigenvalue weighted by molar-refractivity contribution is 8.00. The average molecular weight is 458 g/mol. The minimum absolute atomic E-state index is 0.0765. The van der Waals surface area contributed by atoms with Gasteiger partial charge in [-0.2, -0.15) is 0 Å². The van der Waals surface area contributed by atoms with Crippen LogP contribution in [0, 0.1) is 0 Å². The number of aromatic nitrogens is 2. The van der Waals surface area contributed by atoms with E-state index >= 15 is 0 Å². The van der Waals surface area contributed by atoms with Gasteiger partial charge >= 0.3 is 0 Å². The van der Waals surface area contributed by atoms with Gasteiger partial charge in [0.05, 0.1) is 10.9 Å². The van der Waals surface area contributed by atoms with Crippen LogP contribution in [0.25, 0.3) is 10.9 Å². The van der Waals surface area contributed by atoms with Crippen LogP contribution in [-0.4, -0.2) is 21.2 Å². The number of Topliss-reactive ketones (excluding diaryl/α,β-unsaturated/α-hetero) is 1. The summed E-state index contributed by atoms with van der Waals surface area (Å²) in [6.07, 6.45) is 0. The molecule has 1 unspecified atom stereocenters. The molecule has 0 aliphatic carbocycles. The molecule has 4 rings (SSSR count). The number of anilines is 1. The molecular formula is C26H23N3O3S. The molecule has 166 valence electrons. The Kier molecular flexibility index (Phi) is 6.70. The van der Waals surface area contributed by atoms with Crippen LogP contribution in [0.4, 0.5) is 5.69 Å². The Morgan fingerprint density at radius 2 is 1.73 bits per heavy atom. The first-order valence-corrected chi connectivity index (χ1v) is 11.5. The van der Waals surface area contributed by atoms with Crippen molar-refractivity contribution in [2.75, 3.05) is 5.32 Å². The van der Waals surface area contributed by atoms with Gasteiger partial charge in [-0.25, -0.2) is 4.98 Å². The lowest BCUT2D eigenvalue weighted by molar-refractivity contribution is -0.115. The molecule has 0 fully saturated rings. The molecule has 0 bridgehead atoms. The summed E-state index contributed by atoms with van der Waals surface area (Å²) in [4.78, 5) is 42.9. The van der Waals surface area contributed by atoms with Gasteiger partial charge in [-0.3, -0.25) is 19.0 Å². The van der Waals surface area contributed by atoms with Gasteiger partial charge in [-0.1, -0.05) is 66.4 Å². The van der Waals surface area contributed by atoms with Crippen molar-refractivity contribution < 1.29 is 9.59 Å². The van der Waals surface area contributed by atoms with Gasteiger partial charge in [0, 0.05) is 17.8 Å². The van der Waals surface area contributed by atoms with E-state index < -0.39 is 5.25 Å². The first-order chi connectivity index (χ1) is 16.0. The van der Waals surface area contributed by atoms with E-state index in [1.165, 1.54) is 18.7 Å². The van der Waals surface area contributed by atoms with Crippen molar-refractivity contribution in [1.29, 1.82) is 0 Å². The highest BCUT2D eigenvalue weighted by atomic mass is 32.2. The summed E-state index contributed by atoms with van der Waals surface area (Å²) in [6.45, 7) is 3.80. The van der Waals surface area contributed by atoms with Gasteiger partial charge < -0.3 is 5.32 Å². The number of carbonyl (C=O) groups excluding carboxylic acids is 2. The fourth-order valence-corrected chi connectivity index (χ4v) is 4.71. The molecule has 1 amide bonds. The molecule has 1 aromatic heterocycles. The Bertz CT molecular complexity index is 1380. The zero-order chi connectivity index (χ0) is 23.4. The number of rotatable bonds is 7. The third kappa shape index (κ3) is 4.88. The van der Waals surface area contributed by atoms with E-state index in [0.717, 1.165) is 5.56 Å². The van der Waals surface area contributed by atoms with E-state index in [1.54, 1.807) is 41.0 Å². The van der Waals surface area contributed by atoms with Crippen molar-refractivity contribution in [3.05, 3.63) is 100 Å². The monoisotopic (exact) mass is 457 g/mol. The van der Waals surface area contributed by atoms with Crippen LogP contribution in [0.3, 0.4) is 0 Å². The minimum atomic E-state index is -0.655. The van der Waals surface area contributed by atoms with E-state index in [-0.39, 0.29) is 17.2 Å². The van der Waals surface area contributed by atoms with Crippen LogP contribution in [0.5, 0.6) is 0 Å². The van der Waals surface area contributed by atoms with Crippen molar-refractivity contribution >= 4 is 40.0 Å². The quantitative estimate of drug-likeness (QED) is 0.237. The maximum absolute atomic E-state index is 13.4. The van der Waals surface area contributed by atoms with Gasteiger partial charge in [0.25, 0.3) is 5.56 Å². The van der Waals surface area contributed by atoms with E-state index in [1.807, 2.05) is 49.4 Å². The normalized spacial score (nSPS) is 11.8. The third-order valence-electron chi connectivity index (χ3n) is 5.24. The maximum Gasteiger partial charge on any atom is 0.262 e. The molecule has 0 radical (unpaired) electrons. The van der Waals surface area contributed by atoms with Crippen molar-refractivity contribution in [2.45, 2.75) is 30.8 Å². The summed E-state index contributed by atoms with van der Waals surface area (Å²) in [7, 11) is 0. The second kappa shape index (κ2) is 9.83. The molecule has 0 spiro atoms. The van der Waals surface area contributed by atoms with Gasteiger partial charge in [-0.15, -0.1) is 0 Å². The Labute approximate surface area is 195 Å². The zero-order valence-corrected chi connectivity index (χ0v) is 19.1. The van der Waals surface area contributed by atoms with Crippen molar-refractivity contribution in [3.8, 4) is 0 Å². The Hall–Kier alpha value is -3.71. The molecule has 1 heterocycles. The number of para-hydroxylation sites is 1. The van der Waals surface area contributed by atoms with Crippen LogP contribution in [0.15, 0.2) is 88.8 Å². The molecule has 6 nitrogen and oxygen atoms in total. The smallest absolute Gasteiger partial charge is 0.262 e. The van der Waals surface area contributed by atoms with Crippen LogP contribution in [0.2, 0.25) is 0 Å². The predicted octanol–water partition coefficient (Wildman–Crippen LogP) is 5.09. The van der Waals surface area contributed by atoms with Crippen molar-refractivity contribution in [3.63, 3.8) is 0 Å². The SMILES string of the molecule is CCn1c(SC(C(=O)Nc2cccc(C(C)=O)c2)c2ccccc2)nc2ccccc2c1=O. The van der Waals surface area contributed by atoms with E-state index in [4.69, 9.17) is 4.98 Å².